The maximum Gasteiger partial charge on any atom is 0.133 e. The number of nitrogens with two attached hydrogens (primary N) is 1. The van der Waals surface area contributed by atoms with Gasteiger partial charge >= 0.3 is 0 Å². The average molecular weight is 287 g/mol. The molecule has 0 heterocycles. The molecular weight excluding hydrogens is 265 g/mol. The molecule has 0 amide bonds. The van der Waals surface area contributed by atoms with Crippen LogP contribution in [0, 0.1) is 0 Å². The summed E-state index contributed by atoms with van der Waals surface area (Å²) in [6.07, 6.45) is 9.96. The SMILES string of the molecule is B/C(=C/C=Cc1cccc2c1Cc1cccc(N)c1-2)CCC. The average Bonchev–Trinajstić information content (AvgIpc) is 2.88. The third kappa shape index (κ3) is 2.74. The summed E-state index contributed by atoms with van der Waals surface area (Å²) in [5.41, 5.74) is 15.1. The first kappa shape index (κ1) is 14.7. The fraction of sp³-hybridized carbons (Fsp3) is 0.200. The van der Waals surface area contributed by atoms with Crippen molar-refractivity contribution in [3.8, 4) is 11.1 Å². The van der Waals surface area contributed by atoms with Gasteiger partial charge in [0.2, 0.25) is 0 Å². The zero-order chi connectivity index (χ0) is 15.5. The van der Waals surface area contributed by atoms with Gasteiger partial charge in [0, 0.05) is 11.3 Å². The van der Waals surface area contributed by atoms with Gasteiger partial charge in [0.25, 0.3) is 0 Å². The van der Waals surface area contributed by atoms with E-state index < -0.39 is 0 Å². The van der Waals surface area contributed by atoms with Crippen LogP contribution >= 0.6 is 0 Å². The highest BCUT2D eigenvalue weighted by Crippen LogP contribution is 2.41. The molecule has 2 N–H and O–H groups in total. The molecule has 110 valence electrons. The second-order valence-electron chi connectivity index (χ2n) is 6.05. The number of nitrogen functional groups attached to an aromatic ring is 1. The molecule has 2 aromatic rings. The van der Waals surface area contributed by atoms with E-state index in [0.717, 1.165) is 12.1 Å². The molecule has 22 heavy (non-hydrogen) atoms. The zero-order valence-corrected chi connectivity index (χ0v) is 13.4. The van der Waals surface area contributed by atoms with Crippen LogP contribution in [0.5, 0.6) is 0 Å². The second kappa shape index (κ2) is 6.27. The van der Waals surface area contributed by atoms with Crippen molar-refractivity contribution in [1.29, 1.82) is 0 Å². The number of fused-ring (bicyclic) bond motifs is 3. The molecule has 0 saturated heterocycles. The minimum Gasteiger partial charge on any atom is -0.398 e. The van der Waals surface area contributed by atoms with Gasteiger partial charge in [-0.05, 0) is 41.2 Å². The Hall–Kier alpha value is -2.22. The van der Waals surface area contributed by atoms with Crippen molar-refractivity contribution < 1.29 is 0 Å². The van der Waals surface area contributed by atoms with Gasteiger partial charge in [0.05, 0.1) is 0 Å². The summed E-state index contributed by atoms with van der Waals surface area (Å²) < 4.78 is 0. The van der Waals surface area contributed by atoms with Crippen LogP contribution in [0.1, 0.15) is 36.5 Å². The molecule has 2 heteroatoms. The first-order valence-electron chi connectivity index (χ1n) is 8.04. The van der Waals surface area contributed by atoms with E-state index in [1.54, 1.807) is 0 Å². The molecule has 0 bridgehead atoms. The quantitative estimate of drug-likeness (QED) is 0.435. The number of hydrogen-bond donors (Lipinski definition) is 1. The maximum absolute atomic E-state index is 6.18. The normalized spacial score (nSPS) is 13.4. The Morgan fingerprint density at radius 1 is 1.23 bits per heavy atom. The molecule has 2 aromatic carbocycles. The van der Waals surface area contributed by atoms with E-state index in [1.807, 2.05) is 12.1 Å². The highest BCUT2D eigenvalue weighted by molar-refractivity contribution is 6.21. The highest BCUT2D eigenvalue weighted by Gasteiger charge is 2.21. The van der Waals surface area contributed by atoms with Gasteiger partial charge in [0.1, 0.15) is 7.85 Å². The predicted molar refractivity (Wildman–Crippen MR) is 99.7 cm³/mol. The molecule has 1 aliphatic rings. The van der Waals surface area contributed by atoms with Crippen molar-refractivity contribution in [3.63, 3.8) is 0 Å². The molecule has 1 nitrogen and oxygen atoms in total. The largest absolute Gasteiger partial charge is 0.398 e. The van der Waals surface area contributed by atoms with E-state index in [2.05, 4.69) is 57.3 Å². The number of hydrogen-bond acceptors (Lipinski definition) is 1. The third-order valence-electron chi connectivity index (χ3n) is 4.33. The number of rotatable bonds is 4. The van der Waals surface area contributed by atoms with Crippen LogP contribution in [-0.4, -0.2) is 7.85 Å². The highest BCUT2D eigenvalue weighted by atomic mass is 14.6. The lowest BCUT2D eigenvalue weighted by molar-refractivity contribution is 0.944. The Morgan fingerprint density at radius 3 is 2.86 bits per heavy atom. The molecule has 0 spiro atoms. The Morgan fingerprint density at radius 2 is 2.05 bits per heavy atom. The smallest absolute Gasteiger partial charge is 0.133 e. The van der Waals surface area contributed by atoms with Crippen molar-refractivity contribution in [3.05, 3.63) is 70.7 Å². The van der Waals surface area contributed by atoms with Crippen LogP contribution < -0.4 is 5.73 Å². The lowest BCUT2D eigenvalue weighted by Crippen LogP contribution is -1.89. The summed E-state index contributed by atoms with van der Waals surface area (Å²) in [6.45, 7) is 2.22. The van der Waals surface area contributed by atoms with Crippen LogP contribution in [0.25, 0.3) is 17.2 Å². The molecule has 1 aliphatic carbocycles. The van der Waals surface area contributed by atoms with E-state index in [4.69, 9.17) is 5.73 Å². The number of benzene rings is 2. The molecule has 0 unspecified atom stereocenters. The fourth-order valence-corrected chi connectivity index (χ4v) is 3.27. The lowest BCUT2D eigenvalue weighted by atomic mass is 9.91. The topological polar surface area (TPSA) is 26.0 Å². The first-order chi connectivity index (χ1) is 10.7. The predicted octanol–water partition coefficient (Wildman–Crippen LogP) is 4.17. The summed E-state index contributed by atoms with van der Waals surface area (Å²) in [4.78, 5) is 0. The minimum absolute atomic E-state index is 0.885. The molecule has 0 atom stereocenters. The van der Waals surface area contributed by atoms with Gasteiger partial charge < -0.3 is 5.73 Å². The van der Waals surface area contributed by atoms with Gasteiger partial charge in [-0.25, -0.2) is 0 Å². The monoisotopic (exact) mass is 287 g/mol. The minimum atomic E-state index is 0.885. The van der Waals surface area contributed by atoms with Gasteiger partial charge in [-0.15, -0.1) is 5.47 Å². The Balaban J connectivity index is 1.95. The lowest BCUT2D eigenvalue weighted by Gasteiger charge is -2.06. The number of anilines is 1. The van der Waals surface area contributed by atoms with Crippen molar-refractivity contribution in [2.45, 2.75) is 26.2 Å². The van der Waals surface area contributed by atoms with E-state index in [9.17, 15) is 0 Å². The van der Waals surface area contributed by atoms with E-state index in [1.165, 1.54) is 46.1 Å². The summed E-state index contributed by atoms with van der Waals surface area (Å²) in [5, 5.41) is 0. The molecule has 0 saturated carbocycles. The molecular formula is C20H22BN. The molecule has 0 aromatic heterocycles. The van der Waals surface area contributed by atoms with E-state index in [0.29, 0.717) is 0 Å². The van der Waals surface area contributed by atoms with Crippen molar-refractivity contribution in [1.82, 2.24) is 0 Å². The summed E-state index contributed by atoms with van der Waals surface area (Å²) in [7, 11) is 2.19. The Labute approximate surface area is 134 Å². The van der Waals surface area contributed by atoms with Crippen LogP contribution in [0.15, 0.2) is 54.0 Å². The van der Waals surface area contributed by atoms with Gasteiger partial charge in [0.15, 0.2) is 0 Å². The molecule has 0 aliphatic heterocycles. The fourth-order valence-electron chi connectivity index (χ4n) is 3.27. The van der Waals surface area contributed by atoms with Crippen LogP contribution in [0.3, 0.4) is 0 Å². The molecule has 3 rings (SSSR count). The van der Waals surface area contributed by atoms with E-state index in [-0.39, 0.29) is 0 Å². The van der Waals surface area contributed by atoms with Gasteiger partial charge in [-0.1, -0.05) is 61.9 Å². The third-order valence-corrected chi connectivity index (χ3v) is 4.33. The van der Waals surface area contributed by atoms with Crippen LogP contribution in [0.2, 0.25) is 0 Å². The van der Waals surface area contributed by atoms with Crippen molar-refractivity contribution in [2.75, 3.05) is 5.73 Å². The second-order valence-corrected chi connectivity index (χ2v) is 6.05. The first-order valence-corrected chi connectivity index (χ1v) is 8.04. The van der Waals surface area contributed by atoms with Gasteiger partial charge in [-0.2, -0.15) is 0 Å². The molecule has 0 fully saturated rings. The Bertz CT molecular complexity index is 756. The standard InChI is InChI=1S/C20H22BN/c1-2-6-16(21)10-3-7-14-8-4-11-17-18(14)13-15-9-5-12-19(22)20(15)17/h3-5,7-12H,2,6,13,21-22H2,1H3/b7-3?,16-10+. The van der Waals surface area contributed by atoms with Crippen molar-refractivity contribution in [2.24, 2.45) is 0 Å². The summed E-state index contributed by atoms with van der Waals surface area (Å²) >= 11 is 0. The van der Waals surface area contributed by atoms with Gasteiger partial charge in [-0.3, -0.25) is 0 Å². The maximum atomic E-state index is 6.18. The zero-order valence-electron chi connectivity index (χ0n) is 13.4. The van der Waals surface area contributed by atoms with E-state index >= 15 is 0 Å². The summed E-state index contributed by atoms with van der Waals surface area (Å²) in [6, 6.07) is 12.7. The number of allylic oxidation sites excluding steroid dienone is 3. The summed E-state index contributed by atoms with van der Waals surface area (Å²) in [5.74, 6) is 0. The van der Waals surface area contributed by atoms with Crippen LogP contribution in [0.4, 0.5) is 5.69 Å². The molecule has 0 radical (unpaired) electrons. The van der Waals surface area contributed by atoms with Crippen molar-refractivity contribution >= 4 is 19.6 Å². The van der Waals surface area contributed by atoms with Crippen LogP contribution in [-0.2, 0) is 6.42 Å². The Kier molecular flexibility index (Phi) is 4.19.